The molecule has 62 valence electrons. The number of nitrogens with zero attached hydrogens (tertiary/aromatic N) is 1. The van der Waals surface area contributed by atoms with Crippen LogP contribution < -0.4 is 0 Å². The Kier molecular flexibility index (Phi) is 1.28. The minimum Gasteiger partial charge on any atom is -0.257 e. The predicted octanol–water partition coefficient (Wildman–Crippen LogP) is 2.52. The highest BCUT2D eigenvalue weighted by atomic mass is 14.7. The fourth-order valence-corrected chi connectivity index (χ4v) is 1.86. The predicted molar refractivity (Wildman–Crippen MR) is 53.1 cm³/mol. The Hall–Kier alpha value is -1.63. The zero-order chi connectivity index (χ0) is 8.67. The average Bonchev–Trinajstić information content (AvgIpc) is 2.61. The molecule has 0 amide bonds. The van der Waals surface area contributed by atoms with Crippen molar-refractivity contribution in [2.45, 2.75) is 6.42 Å². The SMILES string of the molecule is C1=CC2=Cc3ncccc3CC2=C1. The molecule has 13 heavy (non-hydrogen) atoms. The first kappa shape index (κ1) is 6.84. The van der Waals surface area contributed by atoms with Gasteiger partial charge in [0.05, 0.1) is 5.69 Å². The fourth-order valence-electron chi connectivity index (χ4n) is 1.86. The first-order valence-electron chi connectivity index (χ1n) is 4.47. The standard InChI is InChI=1S/C12H9N/c1-3-9-7-11-5-2-6-13-12(11)8-10(9)4-1/h1-6,8H,7H2. The lowest BCUT2D eigenvalue weighted by atomic mass is 9.93. The lowest BCUT2D eigenvalue weighted by molar-refractivity contribution is 1.10. The molecule has 1 aromatic rings. The largest absolute Gasteiger partial charge is 0.257 e. The number of rotatable bonds is 0. The molecule has 0 unspecified atom stereocenters. The number of pyridine rings is 1. The Morgan fingerprint density at radius 3 is 3.31 bits per heavy atom. The van der Waals surface area contributed by atoms with E-state index in [1.807, 2.05) is 12.3 Å². The third-order valence-corrected chi connectivity index (χ3v) is 2.54. The summed E-state index contributed by atoms with van der Waals surface area (Å²) in [4.78, 5) is 4.34. The van der Waals surface area contributed by atoms with Crippen molar-refractivity contribution in [1.82, 2.24) is 4.98 Å². The van der Waals surface area contributed by atoms with Crippen LogP contribution in [0.1, 0.15) is 11.3 Å². The molecule has 0 fully saturated rings. The highest BCUT2D eigenvalue weighted by molar-refractivity contribution is 5.69. The molecule has 2 aliphatic rings. The molecule has 0 aliphatic heterocycles. The van der Waals surface area contributed by atoms with Crippen LogP contribution in [-0.4, -0.2) is 4.98 Å². The van der Waals surface area contributed by atoms with Gasteiger partial charge in [-0.25, -0.2) is 0 Å². The van der Waals surface area contributed by atoms with Crippen LogP contribution in [0.5, 0.6) is 0 Å². The second-order valence-electron chi connectivity index (χ2n) is 3.38. The summed E-state index contributed by atoms with van der Waals surface area (Å²) in [6.07, 6.45) is 11.5. The average molecular weight is 167 g/mol. The maximum atomic E-state index is 4.34. The molecule has 3 rings (SSSR count). The van der Waals surface area contributed by atoms with E-state index in [2.05, 4.69) is 35.4 Å². The van der Waals surface area contributed by atoms with Crippen molar-refractivity contribution in [3.8, 4) is 0 Å². The first-order valence-corrected chi connectivity index (χ1v) is 4.47. The van der Waals surface area contributed by atoms with Crippen LogP contribution >= 0.6 is 0 Å². The van der Waals surface area contributed by atoms with E-state index in [1.165, 1.54) is 16.7 Å². The van der Waals surface area contributed by atoms with E-state index in [9.17, 15) is 0 Å². The Balaban J connectivity index is 2.21. The molecule has 0 saturated carbocycles. The third kappa shape index (κ3) is 0.970. The molecule has 0 aromatic carbocycles. The second-order valence-corrected chi connectivity index (χ2v) is 3.38. The zero-order valence-electron chi connectivity index (χ0n) is 7.20. The highest BCUT2D eigenvalue weighted by Gasteiger charge is 2.15. The number of hydrogen-bond donors (Lipinski definition) is 0. The zero-order valence-corrected chi connectivity index (χ0v) is 7.20. The van der Waals surface area contributed by atoms with E-state index in [0.29, 0.717) is 0 Å². The van der Waals surface area contributed by atoms with E-state index in [0.717, 1.165) is 12.1 Å². The summed E-state index contributed by atoms with van der Waals surface area (Å²) in [6.45, 7) is 0. The number of aromatic nitrogens is 1. The molecule has 1 nitrogen and oxygen atoms in total. The highest BCUT2D eigenvalue weighted by Crippen LogP contribution is 2.30. The quantitative estimate of drug-likeness (QED) is 0.578. The number of allylic oxidation sites excluding steroid dienone is 5. The Bertz CT molecular complexity index is 450. The molecule has 1 heteroatoms. The molecular formula is C12H9N. The van der Waals surface area contributed by atoms with Gasteiger partial charge in [-0.2, -0.15) is 0 Å². The molecule has 0 spiro atoms. The molecule has 1 heterocycles. The summed E-state index contributed by atoms with van der Waals surface area (Å²) in [6, 6.07) is 4.15. The third-order valence-electron chi connectivity index (χ3n) is 2.54. The normalized spacial score (nSPS) is 17.5. The smallest absolute Gasteiger partial charge is 0.0671 e. The van der Waals surface area contributed by atoms with Gasteiger partial charge in [0.25, 0.3) is 0 Å². The summed E-state index contributed by atoms with van der Waals surface area (Å²) in [5.74, 6) is 0. The number of hydrogen-bond acceptors (Lipinski definition) is 1. The van der Waals surface area contributed by atoms with Crippen molar-refractivity contribution in [2.24, 2.45) is 0 Å². The molecule has 1 aromatic heterocycles. The summed E-state index contributed by atoms with van der Waals surface area (Å²) >= 11 is 0. The van der Waals surface area contributed by atoms with E-state index in [-0.39, 0.29) is 0 Å². The molecule has 0 saturated heterocycles. The van der Waals surface area contributed by atoms with Crippen LogP contribution in [0.25, 0.3) is 6.08 Å². The maximum Gasteiger partial charge on any atom is 0.0671 e. The van der Waals surface area contributed by atoms with Gasteiger partial charge in [0.15, 0.2) is 0 Å². The van der Waals surface area contributed by atoms with Crippen molar-refractivity contribution in [3.63, 3.8) is 0 Å². The Labute approximate surface area is 77.1 Å². The number of fused-ring (bicyclic) bond motifs is 2. The van der Waals surface area contributed by atoms with Crippen LogP contribution in [0.3, 0.4) is 0 Å². The molecule has 2 aliphatic carbocycles. The van der Waals surface area contributed by atoms with Crippen LogP contribution in [-0.2, 0) is 6.42 Å². The fraction of sp³-hybridized carbons (Fsp3) is 0.0833. The van der Waals surface area contributed by atoms with Gasteiger partial charge < -0.3 is 0 Å². The molecular weight excluding hydrogens is 158 g/mol. The first-order chi connectivity index (χ1) is 6.43. The van der Waals surface area contributed by atoms with Gasteiger partial charge in [-0.05, 0) is 28.9 Å². The van der Waals surface area contributed by atoms with Gasteiger partial charge in [-0.1, -0.05) is 24.3 Å². The van der Waals surface area contributed by atoms with Gasteiger partial charge in [0.2, 0.25) is 0 Å². The molecule has 0 bridgehead atoms. The summed E-state index contributed by atoms with van der Waals surface area (Å²) in [7, 11) is 0. The van der Waals surface area contributed by atoms with E-state index >= 15 is 0 Å². The van der Waals surface area contributed by atoms with Gasteiger partial charge in [-0.3, -0.25) is 4.98 Å². The minimum atomic E-state index is 1.03. The molecule has 0 atom stereocenters. The van der Waals surface area contributed by atoms with E-state index < -0.39 is 0 Å². The topological polar surface area (TPSA) is 12.9 Å². The molecule has 0 radical (unpaired) electrons. The Morgan fingerprint density at radius 1 is 1.31 bits per heavy atom. The summed E-state index contributed by atoms with van der Waals surface area (Å²) in [5.41, 5.74) is 5.20. The van der Waals surface area contributed by atoms with Gasteiger partial charge in [0.1, 0.15) is 0 Å². The monoisotopic (exact) mass is 167 g/mol. The van der Waals surface area contributed by atoms with E-state index in [4.69, 9.17) is 0 Å². The van der Waals surface area contributed by atoms with Crippen molar-refractivity contribution in [1.29, 1.82) is 0 Å². The summed E-state index contributed by atoms with van der Waals surface area (Å²) < 4.78 is 0. The van der Waals surface area contributed by atoms with Crippen molar-refractivity contribution in [3.05, 3.63) is 59.0 Å². The van der Waals surface area contributed by atoms with Gasteiger partial charge >= 0.3 is 0 Å². The summed E-state index contributed by atoms with van der Waals surface area (Å²) in [5, 5.41) is 0. The minimum absolute atomic E-state index is 1.03. The van der Waals surface area contributed by atoms with Crippen LogP contribution in [0.2, 0.25) is 0 Å². The van der Waals surface area contributed by atoms with E-state index in [1.54, 1.807) is 0 Å². The maximum absolute atomic E-state index is 4.34. The van der Waals surface area contributed by atoms with Crippen LogP contribution in [0.15, 0.2) is 47.7 Å². The lowest BCUT2D eigenvalue weighted by Gasteiger charge is -2.13. The molecule has 0 N–H and O–H groups in total. The van der Waals surface area contributed by atoms with Gasteiger partial charge in [0, 0.05) is 12.6 Å². The van der Waals surface area contributed by atoms with Crippen molar-refractivity contribution in [2.75, 3.05) is 0 Å². The van der Waals surface area contributed by atoms with Crippen molar-refractivity contribution < 1.29 is 0 Å². The Morgan fingerprint density at radius 2 is 2.31 bits per heavy atom. The van der Waals surface area contributed by atoms with Crippen molar-refractivity contribution >= 4 is 6.08 Å². The van der Waals surface area contributed by atoms with Gasteiger partial charge in [-0.15, -0.1) is 0 Å². The van der Waals surface area contributed by atoms with Crippen LogP contribution in [0.4, 0.5) is 0 Å². The second kappa shape index (κ2) is 2.43. The van der Waals surface area contributed by atoms with Crippen LogP contribution in [0, 0.1) is 0 Å². The lowest BCUT2D eigenvalue weighted by Crippen LogP contribution is -2.01.